The van der Waals surface area contributed by atoms with E-state index in [-0.39, 0.29) is 5.28 Å². The highest BCUT2D eigenvalue weighted by Gasteiger charge is 2.06. The Morgan fingerprint density at radius 2 is 2.12 bits per heavy atom. The third-order valence-corrected chi connectivity index (χ3v) is 3.54. The van der Waals surface area contributed by atoms with Gasteiger partial charge in [-0.2, -0.15) is 10.2 Å². The normalized spacial score (nSPS) is 11.2. The molecule has 0 aliphatic heterocycles. The van der Waals surface area contributed by atoms with Gasteiger partial charge < -0.3 is 5.43 Å². The Kier molecular flexibility index (Phi) is 7.33. The molecule has 6 nitrogen and oxygen atoms in total. The lowest BCUT2D eigenvalue weighted by Gasteiger charge is -2.09. The molecule has 0 fully saturated rings. The number of hydrazine groups is 1. The minimum atomic E-state index is 0.157. The number of nitriles is 1. The molecular formula is C18H21ClN6. The number of amidine groups is 1. The maximum absolute atomic E-state index is 9.00. The van der Waals surface area contributed by atoms with Crippen LogP contribution in [0.5, 0.6) is 0 Å². The first kappa shape index (κ1) is 18.8. The van der Waals surface area contributed by atoms with Crippen molar-refractivity contribution in [1.29, 1.82) is 5.26 Å². The molecule has 7 heteroatoms. The quantitative estimate of drug-likeness (QED) is 0.260. The van der Waals surface area contributed by atoms with Gasteiger partial charge in [-0.1, -0.05) is 26.0 Å². The molecule has 1 heterocycles. The zero-order chi connectivity index (χ0) is 18.1. The van der Waals surface area contributed by atoms with E-state index in [0.717, 1.165) is 36.5 Å². The number of hydrogen-bond donors (Lipinski definition) is 2. The van der Waals surface area contributed by atoms with Gasteiger partial charge in [-0.3, -0.25) is 0 Å². The summed E-state index contributed by atoms with van der Waals surface area (Å²) in [4.78, 5) is 12.9. The molecule has 0 saturated heterocycles. The number of rotatable bonds is 7. The molecule has 0 aliphatic rings. The van der Waals surface area contributed by atoms with Crippen molar-refractivity contribution in [3.8, 4) is 6.07 Å². The SMILES string of the molecule is CCCNNC(CC)=Nc1cc(Cc2cccc(C#N)c2)nc(Cl)n1. The van der Waals surface area contributed by atoms with E-state index in [0.29, 0.717) is 17.8 Å². The molecule has 25 heavy (non-hydrogen) atoms. The summed E-state index contributed by atoms with van der Waals surface area (Å²) < 4.78 is 0. The number of aromatic nitrogens is 2. The summed E-state index contributed by atoms with van der Waals surface area (Å²) in [6, 6.07) is 11.4. The molecule has 0 radical (unpaired) electrons. The second-order valence-electron chi connectivity index (χ2n) is 5.44. The van der Waals surface area contributed by atoms with E-state index in [1.165, 1.54) is 0 Å². The van der Waals surface area contributed by atoms with Crippen LogP contribution in [0.25, 0.3) is 0 Å². The fraction of sp³-hybridized carbons (Fsp3) is 0.333. The summed E-state index contributed by atoms with van der Waals surface area (Å²) in [5, 5.41) is 9.16. The number of halogens is 1. The highest BCUT2D eigenvalue weighted by Crippen LogP contribution is 2.17. The van der Waals surface area contributed by atoms with Gasteiger partial charge >= 0.3 is 0 Å². The third-order valence-electron chi connectivity index (χ3n) is 3.37. The molecule has 130 valence electrons. The fourth-order valence-corrected chi connectivity index (χ4v) is 2.38. The number of nitrogens with one attached hydrogen (secondary N) is 2. The molecule has 0 saturated carbocycles. The Balaban J connectivity index is 2.20. The molecule has 2 aromatic rings. The number of benzene rings is 1. The minimum absolute atomic E-state index is 0.157. The van der Waals surface area contributed by atoms with E-state index in [1.54, 1.807) is 6.07 Å². The molecular weight excluding hydrogens is 336 g/mol. The van der Waals surface area contributed by atoms with E-state index >= 15 is 0 Å². The average Bonchev–Trinajstić information content (AvgIpc) is 2.60. The van der Waals surface area contributed by atoms with Crippen LogP contribution in [0.3, 0.4) is 0 Å². The van der Waals surface area contributed by atoms with Gasteiger partial charge in [-0.15, -0.1) is 0 Å². The lowest BCUT2D eigenvalue weighted by Crippen LogP contribution is -2.37. The van der Waals surface area contributed by atoms with Crippen molar-refractivity contribution in [2.24, 2.45) is 4.99 Å². The lowest BCUT2D eigenvalue weighted by atomic mass is 10.1. The second-order valence-corrected chi connectivity index (χ2v) is 5.78. The predicted octanol–water partition coefficient (Wildman–Crippen LogP) is 3.54. The molecule has 0 unspecified atom stereocenters. The number of aliphatic imine (C=N–C) groups is 1. The maximum atomic E-state index is 9.00. The maximum Gasteiger partial charge on any atom is 0.224 e. The fourth-order valence-electron chi connectivity index (χ4n) is 2.18. The minimum Gasteiger partial charge on any atom is -0.309 e. The first-order valence-corrected chi connectivity index (χ1v) is 8.61. The predicted molar refractivity (Wildman–Crippen MR) is 99.8 cm³/mol. The molecule has 0 amide bonds. The Morgan fingerprint density at radius 3 is 2.84 bits per heavy atom. The van der Waals surface area contributed by atoms with Crippen LogP contribution in [0, 0.1) is 11.3 Å². The van der Waals surface area contributed by atoms with Crippen molar-refractivity contribution in [2.75, 3.05) is 6.54 Å². The van der Waals surface area contributed by atoms with Crippen molar-refractivity contribution >= 4 is 23.3 Å². The summed E-state index contributed by atoms with van der Waals surface area (Å²) in [6.45, 7) is 4.95. The van der Waals surface area contributed by atoms with Gasteiger partial charge in [0.05, 0.1) is 17.3 Å². The van der Waals surface area contributed by atoms with Crippen molar-refractivity contribution in [1.82, 2.24) is 20.8 Å². The highest BCUT2D eigenvalue weighted by molar-refractivity contribution is 6.28. The highest BCUT2D eigenvalue weighted by atomic mass is 35.5. The van der Waals surface area contributed by atoms with Crippen LogP contribution in [-0.4, -0.2) is 22.3 Å². The van der Waals surface area contributed by atoms with Crippen molar-refractivity contribution in [3.63, 3.8) is 0 Å². The molecule has 0 bridgehead atoms. The van der Waals surface area contributed by atoms with E-state index in [4.69, 9.17) is 16.9 Å². The standard InChI is InChI=1S/C18H21ClN6/c1-3-8-21-25-16(4-2)23-17-11-15(22-18(19)24-17)10-13-6-5-7-14(9-13)12-20/h5-7,9,11,21H,3-4,8,10H2,1-2H3,(H,22,23,24,25). The zero-order valence-electron chi connectivity index (χ0n) is 14.4. The summed E-state index contributed by atoms with van der Waals surface area (Å²) in [5.74, 6) is 1.29. The van der Waals surface area contributed by atoms with Crippen LogP contribution in [-0.2, 0) is 6.42 Å². The van der Waals surface area contributed by atoms with Crippen LogP contribution >= 0.6 is 11.6 Å². The molecule has 0 spiro atoms. The van der Waals surface area contributed by atoms with Gasteiger partial charge in [0.25, 0.3) is 0 Å². The van der Waals surface area contributed by atoms with Gasteiger partial charge in [-0.05, 0) is 35.7 Å². The van der Waals surface area contributed by atoms with Crippen LogP contribution in [0.2, 0.25) is 5.28 Å². The molecule has 1 aromatic carbocycles. The first-order valence-electron chi connectivity index (χ1n) is 8.23. The second kappa shape index (κ2) is 9.72. The van der Waals surface area contributed by atoms with Crippen LogP contribution in [0.1, 0.15) is 43.5 Å². The van der Waals surface area contributed by atoms with Gasteiger partial charge in [0.1, 0.15) is 5.84 Å². The first-order chi connectivity index (χ1) is 12.1. The Bertz CT molecular complexity index is 781. The molecule has 0 aliphatic carbocycles. The van der Waals surface area contributed by atoms with Crippen LogP contribution in [0.15, 0.2) is 35.3 Å². The topological polar surface area (TPSA) is 86.0 Å². The number of hydrogen-bond acceptors (Lipinski definition) is 5. The van der Waals surface area contributed by atoms with Crippen LogP contribution in [0.4, 0.5) is 5.82 Å². The van der Waals surface area contributed by atoms with E-state index in [2.05, 4.69) is 38.8 Å². The summed E-state index contributed by atoms with van der Waals surface area (Å²) in [5.41, 5.74) is 8.55. The van der Waals surface area contributed by atoms with Gasteiger partial charge in [0.2, 0.25) is 5.28 Å². The zero-order valence-corrected chi connectivity index (χ0v) is 15.1. The summed E-state index contributed by atoms with van der Waals surface area (Å²) >= 11 is 6.05. The molecule has 0 atom stereocenters. The average molecular weight is 357 g/mol. The number of nitrogens with zero attached hydrogens (tertiary/aromatic N) is 4. The van der Waals surface area contributed by atoms with E-state index < -0.39 is 0 Å². The van der Waals surface area contributed by atoms with Gasteiger partial charge in [-0.25, -0.2) is 15.4 Å². The largest absolute Gasteiger partial charge is 0.309 e. The summed E-state index contributed by atoms with van der Waals surface area (Å²) in [6.07, 6.45) is 2.32. The van der Waals surface area contributed by atoms with Crippen LogP contribution < -0.4 is 10.9 Å². The van der Waals surface area contributed by atoms with E-state index in [9.17, 15) is 0 Å². The molecule has 1 aromatic heterocycles. The third kappa shape index (κ3) is 6.14. The van der Waals surface area contributed by atoms with Gasteiger partial charge in [0, 0.05) is 25.5 Å². The molecule has 2 rings (SSSR count). The van der Waals surface area contributed by atoms with Gasteiger partial charge in [0.15, 0.2) is 5.82 Å². The lowest BCUT2D eigenvalue weighted by molar-refractivity contribution is 0.634. The Hall–Kier alpha value is -2.49. The van der Waals surface area contributed by atoms with E-state index in [1.807, 2.05) is 31.2 Å². The van der Waals surface area contributed by atoms with Crippen molar-refractivity contribution in [3.05, 3.63) is 52.4 Å². The van der Waals surface area contributed by atoms with Crippen molar-refractivity contribution < 1.29 is 0 Å². The monoisotopic (exact) mass is 356 g/mol. The van der Waals surface area contributed by atoms with Crippen molar-refractivity contribution in [2.45, 2.75) is 33.1 Å². The molecule has 2 N–H and O–H groups in total. The smallest absolute Gasteiger partial charge is 0.224 e. The Morgan fingerprint density at radius 1 is 1.28 bits per heavy atom. The summed E-state index contributed by atoms with van der Waals surface area (Å²) in [7, 11) is 0. The Labute approximate surface area is 153 Å².